The quantitative estimate of drug-likeness (QED) is 0.528. The first-order chi connectivity index (χ1) is 4.30. The predicted molar refractivity (Wildman–Crippen MR) is 47.9 cm³/mol. The molecule has 0 bridgehead atoms. The van der Waals surface area contributed by atoms with Crippen molar-refractivity contribution in [1.29, 1.82) is 0 Å². The summed E-state index contributed by atoms with van der Waals surface area (Å²) in [5.41, 5.74) is 1.38. The maximum absolute atomic E-state index is 2.99. The Balaban J connectivity index is 0.000000810. The van der Waals surface area contributed by atoms with Gasteiger partial charge in [-0.2, -0.15) is 0 Å². The molecular formula is C9H13Mg. The third-order valence-corrected chi connectivity index (χ3v) is 1.41. The molecule has 1 rings (SSSR count). The molecule has 0 aliphatic rings. The van der Waals surface area contributed by atoms with Crippen LogP contribution < -0.4 is 0 Å². The normalized spacial score (nSPS) is 9.10. The van der Waals surface area contributed by atoms with E-state index in [4.69, 9.17) is 0 Å². The highest BCUT2D eigenvalue weighted by atomic mass is 24.3. The second-order valence-electron chi connectivity index (χ2n) is 2.49. The molecule has 51 valence electrons. The molecule has 0 saturated heterocycles. The highest BCUT2D eigenvalue weighted by molar-refractivity contribution is 5.75. The number of hydrogen-bond acceptors (Lipinski definition) is 0. The zero-order valence-corrected chi connectivity index (χ0v) is 5.89. The summed E-state index contributed by atoms with van der Waals surface area (Å²) in [5.74, 6) is 0.639. The molecule has 0 heterocycles. The SMILES string of the molecule is CC(C)c1cc[c]cc1.[MgH2]. The smallest absolute Gasteiger partial charge is 0.0587 e. The van der Waals surface area contributed by atoms with Crippen LogP contribution in [0.3, 0.4) is 0 Å². The van der Waals surface area contributed by atoms with Crippen molar-refractivity contribution in [3.63, 3.8) is 0 Å². The standard InChI is InChI=1S/C9H11.Mg.2H/c1-8(2)9-6-4-3-5-7-9;;;/h4-8H,1-2H3;;;. The molecular weight excluding hydrogens is 132 g/mol. The van der Waals surface area contributed by atoms with Gasteiger partial charge >= 0.3 is 23.1 Å². The summed E-state index contributed by atoms with van der Waals surface area (Å²) >= 11 is 0. The van der Waals surface area contributed by atoms with E-state index in [1.165, 1.54) is 5.56 Å². The van der Waals surface area contributed by atoms with Gasteiger partial charge in [0.1, 0.15) is 0 Å². The van der Waals surface area contributed by atoms with E-state index < -0.39 is 0 Å². The molecule has 0 aromatic heterocycles. The maximum atomic E-state index is 2.99. The molecule has 0 N–H and O–H groups in total. The van der Waals surface area contributed by atoms with Gasteiger partial charge in [0.25, 0.3) is 0 Å². The highest BCUT2D eigenvalue weighted by Crippen LogP contribution is 2.11. The van der Waals surface area contributed by atoms with Gasteiger partial charge in [-0.1, -0.05) is 38.1 Å². The first-order valence-corrected chi connectivity index (χ1v) is 3.26. The zero-order valence-electron chi connectivity index (χ0n) is 5.89. The molecule has 1 heteroatoms. The van der Waals surface area contributed by atoms with Gasteiger partial charge in [0.2, 0.25) is 0 Å². The van der Waals surface area contributed by atoms with Crippen LogP contribution in [0.25, 0.3) is 0 Å². The Labute approximate surface area is 78.8 Å². The fourth-order valence-corrected chi connectivity index (χ4v) is 0.785. The second kappa shape index (κ2) is 4.75. The molecule has 1 aromatic carbocycles. The van der Waals surface area contributed by atoms with Crippen LogP contribution in [0.4, 0.5) is 0 Å². The largest absolute Gasteiger partial charge is 0.316 e. The van der Waals surface area contributed by atoms with Gasteiger partial charge in [0.05, 0.1) is 0 Å². The lowest BCUT2D eigenvalue weighted by Crippen LogP contribution is -1.83. The van der Waals surface area contributed by atoms with Crippen molar-refractivity contribution in [2.24, 2.45) is 0 Å². The van der Waals surface area contributed by atoms with Crippen LogP contribution in [0.2, 0.25) is 0 Å². The van der Waals surface area contributed by atoms with Crippen molar-refractivity contribution >= 4 is 23.1 Å². The zero-order chi connectivity index (χ0) is 6.69. The summed E-state index contributed by atoms with van der Waals surface area (Å²) in [6.07, 6.45) is 0. The molecule has 0 amide bonds. The van der Waals surface area contributed by atoms with Crippen molar-refractivity contribution in [3.8, 4) is 0 Å². The van der Waals surface area contributed by atoms with Crippen LogP contribution in [0.15, 0.2) is 24.3 Å². The summed E-state index contributed by atoms with van der Waals surface area (Å²) < 4.78 is 0. The molecule has 1 radical (unpaired) electrons. The molecule has 0 aliphatic carbocycles. The maximum Gasteiger partial charge on any atom is 0.316 e. The predicted octanol–water partition coefficient (Wildman–Crippen LogP) is 1.69. The number of rotatable bonds is 1. The molecule has 0 saturated carbocycles. The van der Waals surface area contributed by atoms with Crippen molar-refractivity contribution in [2.75, 3.05) is 0 Å². The minimum Gasteiger partial charge on any atom is -0.0587 e. The van der Waals surface area contributed by atoms with Crippen LogP contribution in [0, 0.1) is 6.07 Å². The van der Waals surface area contributed by atoms with E-state index in [9.17, 15) is 0 Å². The molecule has 0 spiro atoms. The van der Waals surface area contributed by atoms with Gasteiger partial charge in [0.15, 0.2) is 0 Å². The average molecular weight is 146 g/mol. The molecule has 10 heavy (non-hydrogen) atoms. The van der Waals surface area contributed by atoms with Crippen molar-refractivity contribution < 1.29 is 0 Å². The summed E-state index contributed by atoms with van der Waals surface area (Å²) in [6, 6.07) is 11.1. The Hall–Kier alpha value is -0.0138. The second-order valence-corrected chi connectivity index (χ2v) is 2.49. The molecule has 0 atom stereocenters. The molecule has 0 unspecified atom stereocenters. The lowest BCUT2D eigenvalue weighted by molar-refractivity contribution is 0.866. The average Bonchev–Trinajstić information content (AvgIpc) is 1.90. The van der Waals surface area contributed by atoms with Gasteiger partial charge in [-0.3, -0.25) is 0 Å². The molecule has 0 aliphatic heterocycles. The lowest BCUT2D eigenvalue weighted by atomic mass is 10.0. The van der Waals surface area contributed by atoms with Crippen LogP contribution in [0.1, 0.15) is 25.3 Å². The Morgan fingerprint density at radius 2 is 1.70 bits per heavy atom. The monoisotopic (exact) mass is 145 g/mol. The fraction of sp³-hybridized carbons (Fsp3) is 0.333. The van der Waals surface area contributed by atoms with Crippen LogP contribution in [0.5, 0.6) is 0 Å². The minimum atomic E-state index is 0. The fourth-order valence-electron chi connectivity index (χ4n) is 0.785. The summed E-state index contributed by atoms with van der Waals surface area (Å²) in [7, 11) is 0. The Morgan fingerprint density at radius 3 is 2.00 bits per heavy atom. The van der Waals surface area contributed by atoms with E-state index >= 15 is 0 Å². The third kappa shape index (κ3) is 2.71. The molecule has 0 nitrogen and oxygen atoms in total. The van der Waals surface area contributed by atoms with Crippen molar-refractivity contribution in [2.45, 2.75) is 19.8 Å². The first kappa shape index (κ1) is 9.99. The van der Waals surface area contributed by atoms with Crippen molar-refractivity contribution in [1.82, 2.24) is 0 Å². The topological polar surface area (TPSA) is 0 Å². The van der Waals surface area contributed by atoms with Crippen LogP contribution in [-0.4, -0.2) is 23.1 Å². The van der Waals surface area contributed by atoms with E-state index in [1.54, 1.807) is 0 Å². The minimum absolute atomic E-state index is 0. The van der Waals surface area contributed by atoms with E-state index in [1.807, 2.05) is 12.1 Å². The third-order valence-electron chi connectivity index (χ3n) is 1.41. The van der Waals surface area contributed by atoms with E-state index in [0.29, 0.717) is 5.92 Å². The lowest BCUT2D eigenvalue weighted by Gasteiger charge is -2.01. The summed E-state index contributed by atoms with van der Waals surface area (Å²) in [6.45, 7) is 4.38. The van der Waals surface area contributed by atoms with Crippen LogP contribution >= 0.6 is 0 Å². The Morgan fingerprint density at radius 1 is 1.20 bits per heavy atom. The van der Waals surface area contributed by atoms with E-state index in [-0.39, 0.29) is 23.1 Å². The Bertz CT molecular complexity index is 167. The molecule has 1 aromatic rings. The van der Waals surface area contributed by atoms with E-state index in [0.717, 1.165) is 0 Å². The summed E-state index contributed by atoms with van der Waals surface area (Å²) in [4.78, 5) is 0. The van der Waals surface area contributed by atoms with Gasteiger partial charge in [-0.05, 0) is 17.5 Å². The van der Waals surface area contributed by atoms with Gasteiger partial charge in [-0.15, -0.1) is 0 Å². The van der Waals surface area contributed by atoms with Gasteiger partial charge < -0.3 is 0 Å². The number of hydrogen-bond donors (Lipinski definition) is 0. The summed E-state index contributed by atoms with van der Waals surface area (Å²) in [5, 5.41) is 0. The number of benzene rings is 1. The van der Waals surface area contributed by atoms with Crippen LogP contribution in [-0.2, 0) is 0 Å². The first-order valence-electron chi connectivity index (χ1n) is 3.26. The van der Waals surface area contributed by atoms with E-state index in [2.05, 4.69) is 32.0 Å². The van der Waals surface area contributed by atoms with Gasteiger partial charge in [0, 0.05) is 0 Å². The molecule has 0 fully saturated rings. The Kier molecular flexibility index (Phi) is 4.74. The highest BCUT2D eigenvalue weighted by Gasteiger charge is 1.93. The van der Waals surface area contributed by atoms with Gasteiger partial charge in [-0.25, -0.2) is 0 Å². The van der Waals surface area contributed by atoms with Crippen molar-refractivity contribution in [3.05, 3.63) is 35.9 Å².